The topological polar surface area (TPSA) is 67.5 Å². The molecule has 1 N–H and O–H groups in total. The summed E-state index contributed by atoms with van der Waals surface area (Å²) in [6, 6.07) is 15.7. The van der Waals surface area contributed by atoms with E-state index in [1.165, 1.54) is 6.42 Å². The third-order valence-electron chi connectivity index (χ3n) is 7.79. The molecule has 2 aliphatic rings. The van der Waals surface area contributed by atoms with Crippen LogP contribution in [0, 0.1) is 12.8 Å². The minimum Gasteiger partial charge on any atom is -0.463 e. The molecule has 1 aromatic carbocycles. The van der Waals surface area contributed by atoms with Gasteiger partial charge in [-0.1, -0.05) is 44.0 Å². The SMILES string of the molecule is Cc1ccccc1CN1C(=O)c2ccc(-c3ccco3)n2C[C@]1(C)C(=O)N[C@@H]1CCCC[C@H]1C. The van der Waals surface area contributed by atoms with Gasteiger partial charge in [0.05, 0.1) is 18.5 Å². The molecular weight excluding hydrogens is 426 g/mol. The van der Waals surface area contributed by atoms with Gasteiger partial charge in [0.15, 0.2) is 0 Å². The molecule has 6 nitrogen and oxygen atoms in total. The molecular formula is C28H33N3O3. The van der Waals surface area contributed by atoms with Gasteiger partial charge in [-0.05, 0) is 68.0 Å². The van der Waals surface area contributed by atoms with E-state index in [2.05, 4.69) is 12.2 Å². The Morgan fingerprint density at radius 1 is 1.09 bits per heavy atom. The lowest BCUT2D eigenvalue weighted by Crippen LogP contribution is -2.65. The predicted octanol–water partition coefficient (Wildman–Crippen LogP) is 5.17. The third-order valence-corrected chi connectivity index (χ3v) is 7.79. The first-order valence-corrected chi connectivity index (χ1v) is 12.3. The maximum Gasteiger partial charge on any atom is 0.271 e. The van der Waals surface area contributed by atoms with E-state index in [9.17, 15) is 9.59 Å². The Balaban J connectivity index is 1.54. The number of amides is 2. The maximum atomic E-state index is 14.0. The molecule has 0 saturated heterocycles. The van der Waals surface area contributed by atoms with Crippen molar-refractivity contribution in [3.05, 3.63) is 71.6 Å². The van der Waals surface area contributed by atoms with E-state index in [1.807, 2.05) is 66.9 Å². The fraction of sp³-hybridized carbons (Fsp3) is 0.429. The lowest BCUT2D eigenvalue weighted by atomic mass is 9.84. The van der Waals surface area contributed by atoms with Crippen molar-refractivity contribution < 1.29 is 14.0 Å². The van der Waals surface area contributed by atoms with Crippen LogP contribution in [0.3, 0.4) is 0 Å². The van der Waals surface area contributed by atoms with Crippen LogP contribution in [-0.4, -0.2) is 32.9 Å². The minimum atomic E-state index is -1.04. The van der Waals surface area contributed by atoms with Crippen LogP contribution < -0.4 is 5.32 Å². The molecule has 0 bridgehead atoms. The standard InChI is InChI=1S/C28H33N3O3/c1-19-9-4-6-11-21(19)17-31-26(32)24-15-14-23(25-13-8-16-34-25)30(24)18-28(31,3)27(33)29-22-12-7-5-10-20(22)2/h4,6,8-9,11,13-16,20,22H,5,7,10,12,17-18H2,1-3H3,(H,29,33)/t20-,22-,28-/m1/s1. The summed E-state index contributed by atoms with van der Waals surface area (Å²) in [5, 5.41) is 3.34. The smallest absolute Gasteiger partial charge is 0.271 e. The number of hydrogen-bond acceptors (Lipinski definition) is 3. The van der Waals surface area contributed by atoms with Crippen molar-refractivity contribution in [2.24, 2.45) is 5.92 Å². The number of carbonyl (C=O) groups excluding carboxylic acids is 2. The van der Waals surface area contributed by atoms with Crippen molar-refractivity contribution in [2.75, 3.05) is 0 Å². The van der Waals surface area contributed by atoms with Crippen LogP contribution in [0.2, 0.25) is 0 Å². The summed E-state index contributed by atoms with van der Waals surface area (Å²) in [5.74, 6) is 0.904. The van der Waals surface area contributed by atoms with Crippen molar-refractivity contribution in [2.45, 2.75) is 71.1 Å². The van der Waals surface area contributed by atoms with Gasteiger partial charge in [-0.15, -0.1) is 0 Å². The molecule has 5 rings (SSSR count). The summed E-state index contributed by atoms with van der Waals surface area (Å²) in [5.41, 5.74) is 2.51. The number of nitrogens with one attached hydrogen (secondary N) is 1. The van der Waals surface area contributed by atoms with E-state index in [0.717, 1.165) is 36.1 Å². The Kier molecular flexibility index (Phi) is 5.84. The third kappa shape index (κ3) is 3.85. The summed E-state index contributed by atoms with van der Waals surface area (Å²) < 4.78 is 7.58. The van der Waals surface area contributed by atoms with E-state index in [0.29, 0.717) is 30.5 Å². The summed E-state index contributed by atoms with van der Waals surface area (Å²) in [6.45, 7) is 6.92. The number of nitrogens with zero attached hydrogens (tertiary/aromatic N) is 2. The van der Waals surface area contributed by atoms with Crippen LogP contribution in [0.5, 0.6) is 0 Å². The lowest BCUT2D eigenvalue weighted by molar-refractivity contribution is -0.134. The fourth-order valence-electron chi connectivity index (χ4n) is 5.47. The Labute approximate surface area is 200 Å². The Bertz CT molecular complexity index is 1200. The molecule has 0 spiro atoms. The normalized spacial score (nSPS) is 24.7. The Morgan fingerprint density at radius 2 is 1.85 bits per heavy atom. The van der Waals surface area contributed by atoms with Crippen LogP contribution in [-0.2, 0) is 17.9 Å². The molecule has 3 aromatic rings. The van der Waals surface area contributed by atoms with Gasteiger partial charge in [-0.2, -0.15) is 0 Å². The second kappa shape index (κ2) is 8.82. The number of rotatable bonds is 5. The van der Waals surface area contributed by atoms with Gasteiger partial charge in [0, 0.05) is 12.6 Å². The van der Waals surface area contributed by atoms with Gasteiger partial charge in [0.25, 0.3) is 5.91 Å². The average molecular weight is 460 g/mol. The molecule has 1 fully saturated rings. The second-order valence-electron chi connectivity index (χ2n) is 10.1. The maximum absolute atomic E-state index is 14.0. The summed E-state index contributed by atoms with van der Waals surface area (Å²) in [7, 11) is 0. The van der Waals surface area contributed by atoms with Gasteiger partial charge < -0.3 is 19.2 Å². The molecule has 1 aliphatic carbocycles. The molecule has 0 radical (unpaired) electrons. The first-order chi connectivity index (χ1) is 16.4. The summed E-state index contributed by atoms with van der Waals surface area (Å²) in [4.78, 5) is 29.6. The van der Waals surface area contributed by atoms with Gasteiger partial charge in [0.2, 0.25) is 5.91 Å². The van der Waals surface area contributed by atoms with Gasteiger partial charge in [0.1, 0.15) is 17.0 Å². The zero-order valence-electron chi connectivity index (χ0n) is 20.2. The summed E-state index contributed by atoms with van der Waals surface area (Å²) >= 11 is 0. The molecule has 6 heteroatoms. The molecule has 2 aromatic heterocycles. The first kappa shape index (κ1) is 22.5. The second-order valence-corrected chi connectivity index (χ2v) is 10.1. The lowest BCUT2D eigenvalue weighted by Gasteiger charge is -2.45. The number of benzene rings is 1. The van der Waals surface area contributed by atoms with Crippen molar-refractivity contribution >= 4 is 11.8 Å². The van der Waals surface area contributed by atoms with E-state index < -0.39 is 5.54 Å². The molecule has 1 saturated carbocycles. The molecule has 2 amide bonds. The van der Waals surface area contributed by atoms with E-state index in [1.54, 1.807) is 11.2 Å². The highest BCUT2D eigenvalue weighted by atomic mass is 16.3. The monoisotopic (exact) mass is 459 g/mol. The van der Waals surface area contributed by atoms with Crippen molar-refractivity contribution in [1.29, 1.82) is 0 Å². The number of furan rings is 1. The number of aryl methyl sites for hydroxylation is 1. The fourth-order valence-corrected chi connectivity index (χ4v) is 5.47. The first-order valence-electron chi connectivity index (χ1n) is 12.3. The van der Waals surface area contributed by atoms with Gasteiger partial charge >= 0.3 is 0 Å². The highest BCUT2D eigenvalue weighted by Crippen LogP contribution is 2.35. The van der Waals surface area contributed by atoms with Gasteiger partial charge in [-0.3, -0.25) is 9.59 Å². The highest BCUT2D eigenvalue weighted by molar-refractivity contribution is 6.00. The van der Waals surface area contributed by atoms with Crippen LogP contribution in [0.4, 0.5) is 0 Å². The number of carbonyl (C=O) groups is 2. The van der Waals surface area contributed by atoms with Crippen LogP contribution in [0.25, 0.3) is 11.5 Å². The molecule has 3 heterocycles. The van der Waals surface area contributed by atoms with Crippen molar-refractivity contribution in [3.8, 4) is 11.5 Å². The predicted molar refractivity (Wildman–Crippen MR) is 131 cm³/mol. The van der Waals surface area contributed by atoms with Gasteiger partial charge in [-0.25, -0.2) is 0 Å². The Morgan fingerprint density at radius 3 is 2.59 bits per heavy atom. The largest absolute Gasteiger partial charge is 0.463 e. The van der Waals surface area contributed by atoms with E-state index in [-0.39, 0.29) is 17.9 Å². The van der Waals surface area contributed by atoms with Crippen LogP contribution in [0.15, 0.2) is 59.2 Å². The summed E-state index contributed by atoms with van der Waals surface area (Å²) in [6.07, 6.45) is 6.07. The molecule has 34 heavy (non-hydrogen) atoms. The van der Waals surface area contributed by atoms with Crippen molar-refractivity contribution in [1.82, 2.24) is 14.8 Å². The van der Waals surface area contributed by atoms with Crippen LogP contribution >= 0.6 is 0 Å². The number of aromatic nitrogens is 1. The number of fused-ring (bicyclic) bond motifs is 1. The highest BCUT2D eigenvalue weighted by Gasteiger charge is 2.48. The Hall–Kier alpha value is -3.28. The molecule has 178 valence electrons. The molecule has 1 aliphatic heterocycles. The minimum absolute atomic E-state index is 0.0853. The van der Waals surface area contributed by atoms with Crippen molar-refractivity contribution in [3.63, 3.8) is 0 Å². The zero-order valence-corrected chi connectivity index (χ0v) is 20.2. The molecule has 3 atom stereocenters. The van der Waals surface area contributed by atoms with E-state index >= 15 is 0 Å². The zero-order chi connectivity index (χ0) is 23.9. The average Bonchev–Trinajstić information content (AvgIpc) is 3.49. The molecule has 0 unspecified atom stereocenters. The number of hydrogen-bond donors (Lipinski definition) is 1. The van der Waals surface area contributed by atoms with E-state index in [4.69, 9.17) is 4.42 Å². The quantitative estimate of drug-likeness (QED) is 0.573. The van der Waals surface area contributed by atoms with Crippen LogP contribution in [0.1, 0.15) is 61.1 Å².